The van der Waals surface area contributed by atoms with Crippen molar-refractivity contribution in [3.63, 3.8) is 0 Å². The Morgan fingerprint density at radius 2 is 1.45 bits per heavy atom. The van der Waals surface area contributed by atoms with Gasteiger partial charge < -0.3 is 33.5 Å². The van der Waals surface area contributed by atoms with E-state index >= 15 is 0 Å². The minimum absolute atomic E-state index is 0.101. The number of ether oxygens (including phenoxy) is 6. The molecule has 1 aliphatic carbocycles. The Bertz CT molecular complexity index is 1190. The highest BCUT2D eigenvalue weighted by atomic mass is 16.7. The molecule has 13 nitrogen and oxygen atoms in total. The predicted molar refractivity (Wildman–Crippen MR) is 143 cm³/mol. The molecule has 6 atom stereocenters. The SMILES string of the molecule is CC(=O)OCC1OC(OC(=O)/C=C(C)/C=C/C2(O)C(C)=CC(=O)CC2(C)C)C(OC(C)=O)C(OC(C)=O)C1OC(C)=O. The van der Waals surface area contributed by atoms with Crippen LogP contribution in [-0.2, 0) is 57.2 Å². The van der Waals surface area contributed by atoms with Crippen molar-refractivity contribution in [3.8, 4) is 0 Å². The standard InChI is InChI=1S/C29H38O13/c1-15(9-10-29(36)16(2)12-21(34)13-28(29,7)8)11-23(35)42-27-26(40-20(6)33)25(39-19(5)32)24(38-18(4)31)22(41-27)14-37-17(3)30/h9-12,22,24-27,36H,13-14H2,1-8H3/b10-9+,15-11+. The topological polar surface area (TPSA) is 178 Å². The number of ketones is 1. The maximum Gasteiger partial charge on any atom is 0.333 e. The molecule has 0 spiro atoms. The van der Waals surface area contributed by atoms with E-state index < -0.39 is 78.2 Å². The first kappa shape index (κ1) is 34.4. The number of esters is 5. The van der Waals surface area contributed by atoms with Gasteiger partial charge in [-0.05, 0) is 37.1 Å². The van der Waals surface area contributed by atoms with Gasteiger partial charge in [-0.3, -0.25) is 24.0 Å². The minimum Gasteiger partial charge on any atom is -0.463 e. The Morgan fingerprint density at radius 1 is 0.905 bits per heavy atom. The van der Waals surface area contributed by atoms with Gasteiger partial charge in [-0.2, -0.15) is 0 Å². The molecule has 13 heteroatoms. The summed E-state index contributed by atoms with van der Waals surface area (Å²) in [6.45, 7) is 10.6. The Morgan fingerprint density at radius 3 is 1.98 bits per heavy atom. The summed E-state index contributed by atoms with van der Waals surface area (Å²) in [5.41, 5.74) is -1.47. The number of aliphatic hydroxyl groups is 1. The van der Waals surface area contributed by atoms with Gasteiger partial charge in [0.2, 0.25) is 12.4 Å². The van der Waals surface area contributed by atoms with Crippen molar-refractivity contribution in [3.05, 3.63) is 35.5 Å². The van der Waals surface area contributed by atoms with Crippen LogP contribution in [0.2, 0.25) is 0 Å². The second-order valence-electron chi connectivity index (χ2n) is 10.8. The summed E-state index contributed by atoms with van der Waals surface area (Å²) in [6.07, 6.45) is -1.85. The van der Waals surface area contributed by atoms with Crippen LogP contribution in [0.5, 0.6) is 0 Å². The van der Waals surface area contributed by atoms with E-state index in [-0.39, 0.29) is 12.2 Å². The third-order valence-corrected chi connectivity index (χ3v) is 6.74. The van der Waals surface area contributed by atoms with Gasteiger partial charge in [-0.15, -0.1) is 0 Å². The van der Waals surface area contributed by atoms with Crippen molar-refractivity contribution in [2.75, 3.05) is 6.61 Å². The predicted octanol–water partition coefficient (Wildman–Crippen LogP) is 1.79. The molecule has 6 unspecified atom stereocenters. The van der Waals surface area contributed by atoms with Gasteiger partial charge in [0.25, 0.3) is 0 Å². The molecular formula is C29H38O13. The largest absolute Gasteiger partial charge is 0.463 e. The Balaban J connectivity index is 2.39. The molecule has 42 heavy (non-hydrogen) atoms. The molecule has 0 aromatic carbocycles. The van der Waals surface area contributed by atoms with E-state index in [1.54, 1.807) is 27.7 Å². The van der Waals surface area contributed by atoms with Gasteiger partial charge in [-0.1, -0.05) is 19.9 Å². The number of carbonyl (C=O) groups is 6. The third-order valence-electron chi connectivity index (χ3n) is 6.74. The van der Waals surface area contributed by atoms with E-state index in [1.807, 2.05) is 0 Å². The number of rotatable bonds is 9. The van der Waals surface area contributed by atoms with Gasteiger partial charge in [0.1, 0.15) is 18.3 Å². The van der Waals surface area contributed by atoms with Crippen molar-refractivity contribution < 1.29 is 62.3 Å². The van der Waals surface area contributed by atoms with Crippen LogP contribution >= 0.6 is 0 Å². The van der Waals surface area contributed by atoms with Crippen LogP contribution in [0.4, 0.5) is 0 Å². The van der Waals surface area contributed by atoms with Crippen molar-refractivity contribution in [2.45, 2.75) is 98.1 Å². The van der Waals surface area contributed by atoms with Gasteiger partial charge in [0.15, 0.2) is 18.0 Å². The molecule has 1 fully saturated rings. The Hall–Kier alpha value is -3.84. The molecule has 1 heterocycles. The number of allylic oxidation sites excluding steroid dienone is 3. The molecule has 2 rings (SSSR count). The molecule has 0 bridgehead atoms. The van der Waals surface area contributed by atoms with Crippen molar-refractivity contribution in [1.29, 1.82) is 0 Å². The molecule has 0 amide bonds. The summed E-state index contributed by atoms with van der Waals surface area (Å²) in [6, 6.07) is 0. The lowest BCUT2D eigenvalue weighted by molar-refractivity contribution is -0.299. The van der Waals surface area contributed by atoms with Crippen molar-refractivity contribution in [1.82, 2.24) is 0 Å². The summed E-state index contributed by atoms with van der Waals surface area (Å²) >= 11 is 0. The molecule has 232 valence electrons. The third kappa shape index (κ3) is 8.83. The lowest BCUT2D eigenvalue weighted by Crippen LogP contribution is -2.63. The van der Waals surface area contributed by atoms with Gasteiger partial charge in [0.05, 0.1) is 0 Å². The molecule has 2 aliphatic rings. The smallest absolute Gasteiger partial charge is 0.333 e. The Labute approximate surface area is 243 Å². The normalized spacial score (nSPS) is 29.3. The average molecular weight is 595 g/mol. The fourth-order valence-electron chi connectivity index (χ4n) is 4.78. The zero-order valence-corrected chi connectivity index (χ0v) is 25.0. The maximum absolute atomic E-state index is 12.9. The van der Waals surface area contributed by atoms with Crippen LogP contribution in [0, 0.1) is 5.41 Å². The summed E-state index contributed by atoms with van der Waals surface area (Å²) in [4.78, 5) is 72.1. The lowest BCUT2D eigenvalue weighted by atomic mass is 9.64. The quantitative estimate of drug-likeness (QED) is 0.177. The molecule has 1 saturated heterocycles. The highest BCUT2D eigenvalue weighted by Crippen LogP contribution is 2.44. The van der Waals surface area contributed by atoms with E-state index in [0.717, 1.165) is 33.8 Å². The van der Waals surface area contributed by atoms with Gasteiger partial charge >= 0.3 is 29.8 Å². The number of hydrogen-bond donors (Lipinski definition) is 1. The zero-order chi connectivity index (χ0) is 32.0. The zero-order valence-electron chi connectivity index (χ0n) is 25.0. The summed E-state index contributed by atoms with van der Waals surface area (Å²) in [5, 5.41) is 11.3. The summed E-state index contributed by atoms with van der Waals surface area (Å²) in [7, 11) is 0. The first-order valence-electron chi connectivity index (χ1n) is 13.2. The molecular weight excluding hydrogens is 556 g/mol. The molecule has 1 aliphatic heterocycles. The average Bonchev–Trinajstić information content (AvgIpc) is 2.82. The molecule has 0 aromatic heterocycles. The highest BCUT2D eigenvalue weighted by molar-refractivity contribution is 5.92. The van der Waals surface area contributed by atoms with Crippen LogP contribution < -0.4 is 0 Å². The van der Waals surface area contributed by atoms with Gasteiger partial charge in [-0.25, -0.2) is 4.79 Å². The lowest BCUT2D eigenvalue weighted by Gasteiger charge is -2.44. The van der Waals surface area contributed by atoms with Crippen molar-refractivity contribution >= 4 is 35.6 Å². The van der Waals surface area contributed by atoms with E-state index in [4.69, 9.17) is 28.4 Å². The second-order valence-corrected chi connectivity index (χ2v) is 10.8. The fraction of sp³-hybridized carbons (Fsp3) is 0.586. The van der Waals surface area contributed by atoms with Crippen LogP contribution in [0.25, 0.3) is 0 Å². The number of carbonyl (C=O) groups excluding carboxylic acids is 6. The minimum atomic E-state index is -1.68. The van der Waals surface area contributed by atoms with Crippen molar-refractivity contribution in [2.24, 2.45) is 5.41 Å². The van der Waals surface area contributed by atoms with E-state index in [1.165, 1.54) is 18.2 Å². The maximum atomic E-state index is 12.9. The summed E-state index contributed by atoms with van der Waals surface area (Å²) < 4.78 is 32.0. The molecule has 1 N–H and O–H groups in total. The monoisotopic (exact) mass is 594 g/mol. The van der Waals surface area contributed by atoms with E-state index in [0.29, 0.717) is 11.1 Å². The van der Waals surface area contributed by atoms with Crippen LogP contribution in [-0.4, -0.2) is 83.7 Å². The van der Waals surface area contributed by atoms with E-state index in [9.17, 15) is 33.9 Å². The summed E-state index contributed by atoms with van der Waals surface area (Å²) in [5.74, 6) is -4.23. The first-order chi connectivity index (χ1) is 19.4. The molecule has 0 radical (unpaired) electrons. The molecule has 0 aromatic rings. The Kier molecular flexibility index (Phi) is 11.4. The number of hydrogen-bond acceptors (Lipinski definition) is 13. The first-order valence-corrected chi connectivity index (χ1v) is 13.2. The molecule has 0 saturated carbocycles. The highest BCUT2D eigenvalue weighted by Gasteiger charge is 2.53. The van der Waals surface area contributed by atoms with E-state index in [2.05, 4.69) is 0 Å². The van der Waals surface area contributed by atoms with Gasteiger partial charge in [0, 0.05) is 45.6 Å². The fourth-order valence-corrected chi connectivity index (χ4v) is 4.78. The van der Waals surface area contributed by atoms with Crippen LogP contribution in [0.1, 0.15) is 61.8 Å². The van der Waals surface area contributed by atoms with Crippen LogP contribution in [0.15, 0.2) is 35.5 Å². The second kappa shape index (κ2) is 13.9. The van der Waals surface area contributed by atoms with Crippen LogP contribution in [0.3, 0.4) is 0 Å².